The third kappa shape index (κ3) is 2.91. The van der Waals surface area contributed by atoms with E-state index in [2.05, 4.69) is 26.2 Å². The van der Waals surface area contributed by atoms with Crippen molar-refractivity contribution in [3.05, 3.63) is 52.0 Å². The maximum absolute atomic E-state index is 12.3. The van der Waals surface area contributed by atoms with Crippen LogP contribution < -0.4 is 11.1 Å². The van der Waals surface area contributed by atoms with Crippen molar-refractivity contribution in [2.75, 3.05) is 11.1 Å². The summed E-state index contributed by atoms with van der Waals surface area (Å²) in [6.45, 7) is 1.95. The van der Waals surface area contributed by atoms with Crippen LogP contribution in [0.25, 0.3) is 10.2 Å². The Morgan fingerprint density at radius 1 is 1.29 bits per heavy atom. The number of amides is 1. The number of nitrogens with two attached hydrogens (primary N) is 1. The predicted octanol–water partition coefficient (Wildman–Crippen LogP) is 4.20. The van der Waals surface area contributed by atoms with Crippen LogP contribution in [0.2, 0.25) is 0 Å². The number of rotatable bonds is 2. The third-order valence-corrected chi connectivity index (χ3v) is 4.44. The number of nitrogens with zero attached hydrogens (tertiary/aromatic N) is 1. The summed E-state index contributed by atoms with van der Waals surface area (Å²) in [6, 6.07) is 11.1. The number of anilines is 2. The molecule has 0 atom stereocenters. The van der Waals surface area contributed by atoms with Crippen molar-refractivity contribution in [1.29, 1.82) is 0 Å². The average Bonchev–Trinajstić information content (AvgIpc) is 2.80. The molecule has 21 heavy (non-hydrogen) atoms. The molecule has 0 radical (unpaired) electrons. The number of fused-ring (bicyclic) bond motifs is 1. The van der Waals surface area contributed by atoms with E-state index >= 15 is 0 Å². The van der Waals surface area contributed by atoms with Crippen molar-refractivity contribution in [2.24, 2.45) is 0 Å². The quantitative estimate of drug-likeness (QED) is 0.718. The van der Waals surface area contributed by atoms with Crippen molar-refractivity contribution in [3.8, 4) is 0 Å². The molecule has 4 nitrogen and oxygen atoms in total. The maximum atomic E-state index is 12.3. The van der Waals surface area contributed by atoms with Crippen LogP contribution in [0, 0.1) is 6.92 Å². The van der Waals surface area contributed by atoms with E-state index in [0.29, 0.717) is 10.7 Å². The third-order valence-electron chi connectivity index (χ3n) is 3.10. The van der Waals surface area contributed by atoms with Crippen molar-refractivity contribution >= 4 is 54.2 Å². The highest BCUT2D eigenvalue weighted by atomic mass is 79.9. The molecule has 0 aliphatic rings. The summed E-state index contributed by atoms with van der Waals surface area (Å²) in [7, 11) is 0. The second-order valence-electron chi connectivity index (χ2n) is 4.65. The Labute approximate surface area is 134 Å². The van der Waals surface area contributed by atoms with E-state index in [-0.39, 0.29) is 5.91 Å². The van der Waals surface area contributed by atoms with Crippen LogP contribution >= 0.6 is 27.3 Å². The lowest BCUT2D eigenvalue weighted by atomic mass is 10.1. The molecule has 3 aromatic rings. The summed E-state index contributed by atoms with van der Waals surface area (Å²) in [6.07, 6.45) is 0. The van der Waals surface area contributed by atoms with E-state index in [1.54, 1.807) is 6.07 Å². The van der Waals surface area contributed by atoms with Crippen LogP contribution in [-0.4, -0.2) is 10.9 Å². The fourth-order valence-electron chi connectivity index (χ4n) is 2.05. The fourth-order valence-corrected chi connectivity index (χ4v) is 3.29. The first-order valence-corrected chi connectivity index (χ1v) is 7.87. The highest BCUT2D eigenvalue weighted by Crippen LogP contribution is 2.25. The molecule has 3 N–H and O–H groups in total. The van der Waals surface area contributed by atoms with Gasteiger partial charge in [0.2, 0.25) is 0 Å². The van der Waals surface area contributed by atoms with E-state index in [1.807, 2.05) is 37.3 Å². The molecular formula is C15H12BrN3OS. The molecule has 0 saturated heterocycles. The summed E-state index contributed by atoms with van der Waals surface area (Å²) in [4.78, 5) is 16.5. The van der Waals surface area contributed by atoms with Gasteiger partial charge in [0.15, 0.2) is 5.13 Å². The number of thiazole rings is 1. The lowest BCUT2D eigenvalue weighted by molar-refractivity contribution is 0.102. The van der Waals surface area contributed by atoms with E-state index in [9.17, 15) is 4.79 Å². The average molecular weight is 362 g/mol. The summed E-state index contributed by atoms with van der Waals surface area (Å²) in [5.41, 5.74) is 8.88. The number of aryl methyl sites for hydroxylation is 1. The van der Waals surface area contributed by atoms with Crippen LogP contribution in [0.1, 0.15) is 15.9 Å². The second kappa shape index (κ2) is 5.46. The summed E-state index contributed by atoms with van der Waals surface area (Å²) < 4.78 is 1.90. The maximum Gasteiger partial charge on any atom is 0.255 e. The largest absolute Gasteiger partial charge is 0.375 e. The van der Waals surface area contributed by atoms with Gasteiger partial charge >= 0.3 is 0 Å². The second-order valence-corrected chi connectivity index (χ2v) is 6.63. The van der Waals surface area contributed by atoms with Crippen molar-refractivity contribution in [1.82, 2.24) is 4.98 Å². The number of carbonyl (C=O) groups is 1. The Morgan fingerprint density at radius 3 is 2.86 bits per heavy atom. The number of benzene rings is 2. The minimum Gasteiger partial charge on any atom is -0.375 e. The van der Waals surface area contributed by atoms with Crippen LogP contribution in [-0.2, 0) is 0 Å². The van der Waals surface area contributed by atoms with E-state index in [1.165, 1.54) is 11.3 Å². The van der Waals surface area contributed by atoms with Gasteiger partial charge in [-0.05, 0) is 48.9 Å². The number of hydrogen-bond acceptors (Lipinski definition) is 4. The normalized spacial score (nSPS) is 10.8. The van der Waals surface area contributed by atoms with Crippen LogP contribution in [0.4, 0.5) is 10.8 Å². The molecule has 0 aliphatic heterocycles. The summed E-state index contributed by atoms with van der Waals surface area (Å²) in [5.74, 6) is -0.144. The molecule has 0 unspecified atom stereocenters. The predicted molar refractivity (Wildman–Crippen MR) is 90.9 cm³/mol. The first-order chi connectivity index (χ1) is 10.0. The summed E-state index contributed by atoms with van der Waals surface area (Å²) in [5, 5.41) is 3.42. The molecule has 0 bridgehead atoms. The smallest absolute Gasteiger partial charge is 0.255 e. The number of nitrogen functional groups attached to an aromatic ring is 1. The van der Waals surface area contributed by atoms with Crippen LogP contribution in [0.5, 0.6) is 0 Å². The van der Waals surface area contributed by atoms with Gasteiger partial charge in [-0.25, -0.2) is 4.98 Å². The van der Waals surface area contributed by atoms with E-state index < -0.39 is 0 Å². The number of carbonyl (C=O) groups excluding carboxylic acids is 1. The van der Waals surface area contributed by atoms with Gasteiger partial charge in [-0.15, -0.1) is 0 Å². The highest BCUT2D eigenvalue weighted by molar-refractivity contribution is 9.10. The van der Waals surface area contributed by atoms with E-state index in [4.69, 9.17) is 5.73 Å². The first-order valence-electron chi connectivity index (χ1n) is 6.26. The van der Waals surface area contributed by atoms with Gasteiger partial charge in [-0.3, -0.25) is 4.79 Å². The molecule has 1 amide bonds. The molecule has 0 spiro atoms. The minimum atomic E-state index is -0.144. The zero-order valence-corrected chi connectivity index (χ0v) is 13.6. The minimum absolute atomic E-state index is 0.144. The molecule has 1 aromatic heterocycles. The van der Waals surface area contributed by atoms with Gasteiger partial charge in [-0.1, -0.05) is 27.3 Å². The summed E-state index contributed by atoms with van der Waals surface area (Å²) >= 11 is 4.78. The Hall–Kier alpha value is -1.92. The van der Waals surface area contributed by atoms with Gasteiger partial charge in [0.1, 0.15) is 0 Å². The van der Waals surface area contributed by atoms with Crippen molar-refractivity contribution in [2.45, 2.75) is 6.92 Å². The molecule has 1 heterocycles. The van der Waals surface area contributed by atoms with Crippen molar-refractivity contribution < 1.29 is 4.79 Å². The Balaban J connectivity index is 1.89. The SMILES string of the molecule is Cc1cc(Br)ccc1NC(=O)c1ccc2nc(N)sc2c1. The first kappa shape index (κ1) is 14.0. The number of nitrogens with one attached hydrogen (secondary N) is 1. The van der Waals surface area contributed by atoms with E-state index in [0.717, 1.165) is 25.9 Å². The number of aromatic nitrogens is 1. The Morgan fingerprint density at radius 2 is 2.10 bits per heavy atom. The molecule has 2 aromatic carbocycles. The fraction of sp³-hybridized carbons (Fsp3) is 0.0667. The Kier molecular flexibility index (Phi) is 3.65. The van der Waals surface area contributed by atoms with Gasteiger partial charge in [0, 0.05) is 15.7 Å². The van der Waals surface area contributed by atoms with Gasteiger partial charge < -0.3 is 11.1 Å². The topological polar surface area (TPSA) is 68.0 Å². The molecule has 6 heteroatoms. The van der Waals surface area contributed by atoms with Crippen molar-refractivity contribution in [3.63, 3.8) is 0 Å². The highest BCUT2D eigenvalue weighted by Gasteiger charge is 2.10. The molecule has 3 rings (SSSR count). The zero-order chi connectivity index (χ0) is 15.0. The van der Waals surface area contributed by atoms with Crippen LogP contribution in [0.15, 0.2) is 40.9 Å². The molecular weight excluding hydrogens is 350 g/mol. The lowest BCUT2D eigenvalue weighted by Crippen LogP contribution is -2.12. The van der Waals surface area contributed by atoms with Crippen LogP contribution in [0.3, 0.4) is 0 Å². The van der Waals surface area contributed by atoms with Gasteiger partial charge in [0.05, 0.1) is 10.2 Å². The van der Waals surface area contributed by atoms with Gasteiger partial charge in [-0.2, -0.15) is 0 Å². The zero-order valence-electron chi connectivity index (χ0n) is 11.2. The number of hydrogen-bond donors (Lipinski definition) is 2. The molecule has 0 aliphatic carbocycles. The Bertz CT molecular complexity index is 844. The standard InChI is InChI=1S/C15H12BrN3OS/c1-8-6-10(16)3-5-11(8)18-14(20)9-2-4-12-13(7-9)21-15(17)19-12/h2-7H,1H3,(H2,17,19)(H,18,20). The molecule has 0 saturated carbocycles. The van der Waals surface area contributed by atoms with Gasteiger partial charge in [0.25, 0.3) is 5.91 Å². The monoisotopic (exact) mass is 361 g/mol. The molecule has 106 valence electrons. The molecule has 0 fully saturated rings. The lowest BCUT2D eigenvalue weighted by Gasteiger charge is -2.08. The number of halogens is 1.